The lowest BCUT2D eigenvalue weighted by atomic mass is 10.1. The summed E-state index contributed by atoms with van der Waals surface area (Å²) >= 11 is 0. The predicted molar refractivity (Wildman–Crippen MR) is 73.7 cm³/mol. The largest absolute Gasteiger partial charge is 0.391 e. The average molecular weight is 279 g/mol. The Morgan fingerprint density at radius 2 is 2.30 bits per heavy atom. The highest BCUT2D eigenvalue weighted by atomic mass is 16.6. The van der Waals surface area contributed by atoms with Crippen molar-refractivity contribution in [3.05, 3.63) is 33.9 Å². The number of anilines is 1. The molecule has 1 aromatic rings. The van der Waals surface area contributed by atoms with Gasteiger partial charge in [-0.3, -0.25) is 10.1 Å². The summed E-state index contributed by atoms with van der Waals surface area (Å²) < 4.78 is 0. The Kier molecular flexibility index (Phi) is 4.19. The summed E-state index contributed by atoms with van der Waals surface area (Å²) in [4.78, 5) is 24.0. The van der Waals surface area contributed by atoms with E-state index in [0.717, 1.165) is 6.42 Å². The van der Waals surface area contributed by atoms with E-state index in [0.29, 0.717) is 30.8 Å². The predicted octanol–water partition coefficient (Wildman–Crippen LogP) is 1.89. The zero-order valence-electron chi connectivity index (χ0n) is 11.2. The fourth-order valence-corrected chi connectivity index (χ4v) is 2.29. The first kappa shape index (κ1) is 14.3. The molecule has 0 spiro atoms. The molecule has 108 valence electrons. The molecule has 1 saturated heterocycles. The number of aliphatic hydroxyl groups excluding tert-OH is 1. The van der Waals surface area contributed by atoms with Crippen molar-refractivity contribution in [2.24, 2.45) is 0 Å². The third-order valence-electron chi connectivity index (χ3n) is 3.43. The number of carbonyl (C=O) groups is 1. The van der Waals surface area contributed by atoms with Crippen LogP contribution in [0.3, 0.4) is 0 Å². The van der Waals surface area contributed by atoms with Crippen molar-refractivity contribution in [1.82, 2.24) is 4.90 Å². The lowest BCUT2D eigenvalue weighted by molar-refractivity contribution is -0.385. The molecule has 7 nitrogen and oxygen atoms in total. The Balaban J connectivity index is 2.11. The van der Waals surface area contributed by atoms with Gasteiger partial charge in [0.05, 0.1) is 22.3 Å². The van der Waals surface area contributed by atoms with Crippen LogP contribution in [0.1, 0.15) is 18.4 Å². The van der Waals surface area contributed by atoms with Gasteiger partial charge in [-0.05, 0) is 25.8 Å². The first-order chi connectivity index (χ1) is 9.49. The van der Waals surface area contributed by atoms with Crippen molar-refractivity contribution in [2.45, 2.75) is 25.9 Å². The van der Waals surface area contributed by atoms with E-state index in [1.807, 2.05) is 0 Å². The maximum absolute atomic E-state index is 12.1. The molecule has 1 aliphatic rings. The van der Waals surface area contributed by atoms with E-state index >= 15 is 0 Å². The number of likely N-dealkylation sites (tertiary alicyclic amines) is 1. The Hall–Kier alpha value is -2.15. The summed E-state index contributed by atoms with van der Waals surface area (Å²) in [5, 5.41) is 23.1. The molecular weight excluding hydrogens is 262 g/mol. The molecule has 0 aromatic heterocycles. The maximum atomic E-state index is 12.1. The number of aliphatic hydroxyl groups is 1. The number of nitro benzene ring substituents is 1. The SMILES string of the molecule is Cc1c(NC(=O)N2CCCC(O)C2)cccc1[N+](=O)[O-]. The molecule has 1 unspecified atom stereocenters. The van der Waals surface area contributed by atoms with Crippen LogP contribution < -0.4 is 5.32 Å². The van der Waals surface area contributed by atoms with Crippen LogP contribution in [0.25, 0.3) is 0 Å². The summed E-state index contributed by atoms with van der Waals surface area (Å²) in [6.07, 6.45) is 0.947. The normalized spacial score (nSPS) is 18.7. The second-order valence-corrected chi connectivity index (χ2v) is 4.88. The number of carbonyl (C=O) groups excluding carboxylic acids is 1. The third-order valence-corrected chi connectivity index (χ3v) is 3.43. The highest BCUT2D eigenvalue weighted by Crippen LogP contribution is 2.25. The summed E-state index contributed by atoms with van der Waals surface area (Å²) in [5.41, 5.74) is 0.814. The molecule has 2 rings (SSSR count). The van der Waals surface area contributed by atoms with Gasteiger partial charge < -0.3 is 15.3 Å². The molecule has 0 aliphatic carbocycles. The molecule has 20 heavy (non-hydrogen) atoms. The van der Waals surface area contributed by atoms with Gasteiger partial charge in [0.2, 0.25) is 0 Å². The van der Waals surface area contributed by atoms with Gasteiger partial charge >= 0.3 is 6.03 Å². The number of amides is 2. The van der Waals surface area contributed by atoms with E-state index < -0.39 is 11.0 Å². The van der Waals surface area contributed by atoms with Gasteiger partial charge in [-0.2, -0.15) is 0 Å². The van der Waals surface area contributed by atoms with Gasteiger partial charge in [0.25, 0.3) is 5.69 Å². The fraction of sp³-hybridized carbons (Fsp3) is 0.462. The third kappa shape index (κ3) is 3.05. The van der Waals surface area contributed by atoms with Crippen LogP contribution in [-0.2, 0) is 0 Å². The summed E-state index contributed by atoms with van der Waals surface area (Å²) in [6, 6.07) is 4.22. The zero-order chi connectivity index (χ0) is 14.7. The minimum Gasteiger partial charge on any atom is -0.391 e. The standard InChI is InChI=1S/C13H17N3O4/c1-9-11(5-2-6-12(9)16(19)20)14-13(18)15-7-3-4-10(17)8-15/h2,5-6,10,17H,3-4,7-8H2,1H3,(H,14,18). The van der Waals surface area contributed by atoms with Gasteiger partial charge in [-0.25, -0.2) is 4.79 Å². The average Bonchev–Trinajstić information content (AvgIpc) is 2.40. The smallest absolute Gasteiger partial charge is 0.321 e. The number of hydrogen-bond acceptors (Lipinski definition) is 4. The number of nitrogens with one attached hydrogen (secondary N) is 1. The van der Waals surface area contributed by atoms with Crippen molar-refractivity contribution < 1.29 is 14.8 Å². The second kappa shape index (κ2) is 5.87. The number of benzene rings is 1. The quantitative estimate of drug-likeness (QED) is 0.638. The molecule has 1 heterocycles. The molecule has 2 N–H and O–H groups in total. The Bertz CT molecular complexity index is 532. The number of β-amino-alcohol motifs (C(OH)–C–C–N with tert-alkyl or cyclic N) is 1. The van der Waals surface area contributed by atoms with E-state index in [2.05, 4.69) is 5.32 Å². The molecule has 0 radical (unpaired) electrons. The maximum Gasteiger partial charge on any atom is 0.321 e. The molecule has 2 amide bonds. The first-order valence-corrected chi connectivity index (χ1v) is 6.47. The fourth-order valence-electron chi connectivity index (χ4n) is 2.29. The number of nitro groups is 1. The molecule has 0 bridgehead atoms. The topological polar surface area (TPSA) is 95.7 Å². The summed E-state index contributed by atoms with van der Waals surface area (Å²) in [6.45, 7) is 2.47. The van der Waals surface area contributed by atoms with Crippen LogP contribution in [0.2, 0.25) is 0 Å². The molecule has 7 heteroatoms. The van der Waals surface area contributed by atoms with Gasteiger partial charge in [-0.15, -0.1) is 0 Å². The Labute approximate surface area is 116 Å². The van der Waals surface area contributed by atoms with Gasteiger partial charge in [0.15, 0.2) is 0 Å². The van der Waals surface area contributed by atoms with Crippen LogP contribution in [-0.4, -0.2) is 40.2 Å². The van der Waals surface area contributed by atoms with E-state index in [1.165, 1.54) is 17.0 Å². The second-order valence-electron chi connectivity index (χ2n) is 4.88. The van der Waals surface area contributed by atoms with Crippen LogP contribution in [0, 0.1) is 17.0 Å². The number of hydrogen-bond donors (Lipinski definition) is 2. The van der Waals surface area contributed by atoms with E-state index in [1.54, 1.807) is 13.0 Å². The number of rotatable bonds is 2. The lowest BCUT2D eigenvalue weighted by Crippen LogP contribution is -2.44. The Morgan fingerprint density at radius 3 is 2.95 bits per heavy atom. The minimum atomic E-state index is -0.499. The zero-order valence-corrected chi connectivity index (χ0v) is 11.2. The molecule has 1 aromatic carbocycles. The summed E-state index contributed by atoms with van der Waals surface area (Å²) in [5.74, 6) is 0. The highest BCUT2D eigenvalue weighted by Gasteiger charge is 2.23. The number of urea groups is 1. The van der Waals surface area contributed by atoms with Crippen LogP contribution >= 0.6 is 0 Å². The van der Waals surface area contributed by atoms with Gasteiger partial charge in [0.1, 0.15) is 0 Å². The molecule has 1 atom stereocenters. The number of piperidine rings is 1. The number of nitrogens with zero attached hydrogens (tertiary/aromatic N) is 2. The van der Waals surface area contributed by atoms with Gasteiger partial charge in [-0.1, -0.05) is 6.07 Å². The van der Waals surface area contributed by atoms with Crippen LogP contribution in [0.15, 0.2) is 18.2 Å². The first-order valence-electron chi connectivity index (χ1n) is 6.47. The van der Waals surface area contributed by atoms with E-state index in [9.17, 15) is 20.0 Å². The monoisotopic (exact) mass is 279 g/mol. The molecular formula is C13H17N3O4. The molecule has 1 fully saturated rings. The van der Waals surface area contributed by atoms with E-state index in [4.69, 9.17) is 0 Å². The Morgan fingerprint density at radius 1 is 1.55 bits per heavy atom. The molecule has 0 saturated carbocycles. The van der Waals surface area contributed by atoms with Crippen molar-refractivity contribution in [2.75, 3.05) is 18.4 Å². The van der Waals surface area contributed by atoms with Crippen LogP contribution in [0.5, 0.6) is 0 Å². The lowest BCUT2D eigenvalue weighted by Gasteiger charge is -2.30. The minimum absolute atomic E-state index is 0.0264. The van der Waals surface area contributed by atoms with Crippen molar-refractivity contribution in [3.63, 3.8) is 0 Å². The van der Waals surface area contributed by atoms with Crippen molar-refractivity contribution in [3.8, 4) is 0 Å². The van der Waals surface area contributed by atoms with Crippen LogP contribution in [0.4, 0.5) is 16.2 Å². The molecule has 1 aliphatic heterocycles. The van der Waals surface area contributed by atoms with E-state index in [-0.39, 0.29) is 11.7 Å². The van der Waals surface area contributed by atoms with Gasteiger partial charge in [0, 0.05) is 19.2 Å². The summed E-state index contributed by atoms with van der Waals surface area (Å²) in [7, 11) is 0. The van der Waals surface area contributed by atoms with Crippen molar-refractivity contribution in [1.29, 1.82) is 0 Å². The van der Waals surface area contributed by atoms with Crippen molar-refractivity contribution >= 4 is 17.4 Å². The highest BCUT2D eigenvalue weighted by molar-refractivity contribution is 5.90.